The van der Waals surface area contributed by atoms with Crippen LogP contribution < -0.4 is 14.2 Å². The maximum absolute atomic E-state index is 13.5. The molecule has 0 unspecified atom stereocenters. The molecule has 2 aliphatic rings. The van der Waals surface area contributed by atoms with Gasteiger partial charge in [0.15, 0.2) is 11.5 Å². The molecule has 0 aromatic heterocycles. The van der Waals surface area contributed by atoms with Gasteiger partial charge in [-0.1, -0.05) is 51.2 Å². The molecule has 4 nitrogen and oxygen atoms in total. The summed E-state index contributed by atoms with van der Waals surface area (Å²) in [7, 11) is 0. The first-order valence-corrected chi connectivity index (χ1v) is 12.2. The molecule has 2 heterocycles. The van der Waals surface area contributed by atoms with Gasteiger partial charge in [0.2, 0.25) is 6.79 Å². The first-order valence-electron chi connectivity index (χ1n) is 12.2. The highest BCUT2D eigenvalue weighted by Gasteiger charge is 2.31. The van der Waals surface area contributed by atoms with E-state index in [1.165, 1.54) is 44.1 Å². The van der Waals surface area contributed by atoms with Gasteiger partial charge in [-0.2, -0.15) is 0 Å². The Balaban J connectivity index is 1.36. The summed E-state index contributed by atoms with van der Waals surface area (Å²) < 4.78 is 30.6. The van der Waals surface area contributed by atoms with Crippen LogP contribution in [0, 0.1) is 11.7 Å². The lowest BCUT2D eigenvalue weighted by Gasteiger charge is -2.39. The van der Waals surface area contributed by atoms with E-state index in [-0.39, 0.29) is 12.6 Å². The van der Waals surface area contributed by atoms with Gasteiger partial charge < -0.3 is 19.1 Å². The van der Waals surface area contributed by atoms with Crippen LogP contribution in [0.3, 0.4) is 0 Å². The van der Waals surface area contributed by atoms with Gasteiger partial charge in [0.05, 0.1) is 6.61 Å². The number of nitrogens with zero attached hydrogens (tertiary/aromatic N) is 1. The summed E-state index contributed by atoms with van der Waals surface area (Å²) in [6.45, 7) is 6.43. The molecule has 1 saturated heterocycles. The molecule has 4 rings (SSSR count). The van der Waals surface area contributed by atoms with E-state index < -0.39 is 0 Å². The smallest absolute Gasteiger partial charge is 0.231 e. The fourth-order valence-electron chi connectivity index (χ4n) is 4.91. The summed E-state index contributed by atoms with van der Waals surface area (Å²) in [6.07, 6.45) is 9.00. The Morgan fingerprint density at radius 2 is 1.75 bits per heavy atom. The normalized spacial score (nSPS) is 20.4. The van der Waals surface area contributed by atoms with Gasteiger partial charge in [-0.25, -0.2) is 4.39 Å². The van der Waals surface area contributed by atoms with E-state index >= 15 is 0 Å². The van der Waals surface area contributed by atoms with Crippen molar-refractivity contribution in [3.05, 3.63) is 53.8 Å². The average Bonchev–Trinajstić information content (AvgIpc) is 3.29. The number of unbranched alkanes of at least 4 members (excludes halogenated alkanes) is 5. The van der Waals surface area contributed by atoms with Crippen molar-refractivity contribution in [2.24, 2.45) is 5.92 Å². The molecule has 0 N–H and O–H groups in total. The number of halogens is 1. The third-order valence-electron chi connectivity index (χ3n) is 6.75. The molecular formula is C27H36FNO3. The molecular weight excluding hydrogens is 405 g/mol. The van der Waals surface area contributed by atoms with Gasteiger partial charge in [-0.15, -0.1) is 0 Å². The van der Waals surface area contributed by atoms with Crippen LogP contribution in [0.1, 0.15) is 63.4 Å². The van der Waals surface area contributed by atoms with Gasteiger partial charge >= 0.3 is 0 Å². The van der Waals surface area contributed by atoms with Gasteiger partial charge in [0.1, 0.15) is 11.6 Å². The van der Waals surface area contributed by atoms with E-state index in [0.29, 0.717) is 18.4 Å². The second kappa shape index (κ2) is 11.6. The van der Waals surface area contributed by atoms with E-state index in [4.69, 9.17) is 14.2 Å². The highest BCUT2D eigenvalue weighted by Crippen LogP contribution is 2.37. The summed E-state index contributed by atoms with van der Waals surface area (Å²) in [5, 5.41) is 0. The number of hydrogen-bond acceptors (Lipinski definition) is 4. The minimum Gasteiger partial charge on any atom is -0.493 e. The Hall–Kier alpha value is -2.27. The maximum Gasteiger partial charge on any atom is 0.231 e. The zero-order valence-corrected chi connectivity index (χ0v) is 19.2. The number of benzene rings is 2. The van der Waals surface area contributed by atoms with Crippen LogP contribution in [0.2, 0.25) is 0 Å². The molecule has 5 heteroatoms. The summed E-state index contributed by atoms with van der Waals surface area (Å²) in [5.74, 6) is 2.88. The Morgan fingerprint density at radius 3 is 2.59 bits per heavy atom. The first kappa shape index (κ1) is 22.9. The molecule has 2 aromatic rings. The average molecular weight is 442 g/mol. The number of piperidine rings is 1. The lowest BCUT2D eigenvalue weighted by Crippen LogP contribution is -2.42. The van der Waals surface area contributed by atoms with Gasteiger partial charge in [0.25, 0.3) is 0 Å². The largest absolute Gasteiger partial charge is 0.493 e. The Kier molecular flexibility index (Phi) is 8.27. The SMILES string of the molecule is CCCCCCCCN1CC[C@H](c2ccc(F)cc2)[C@@H](COc2ccc3c(c2)OCO3)C1. The minimum atomic E-state index is -0.178. The second-order valence-electron chi connectivity index (χ2n) is 9.10. The zero-order chi connectivity index (χ0) is 22.2. The molecule has 32 heavy (non-hydrogen) atoms. The zero-order valence-electron chi connectivity index (χ0n) is 19.2. The standard InChI is InChI=1S/C27H36FNO3/c1-2-3-4-5-6-7-15-29-16-14-25(21-8-10-23(28)11-9-21)22(18-29)19-30-24-12-13-26-27(17-24)32-20-31-26/h8-13,17,22,25H,2-7,14-16,18-20H2,1H3/t22-,25-/m1/s1. The Morgan fingerprint density at radius 1 is 0.969 bits per heavy atom. The van der Waals surface area contributed by atoms with E-state index in [0.717, 1.165) is 43.3 Å². The van der Waals surface area contributed by atoms with Gasteiger partial charge in [0, 0.05) is 18.5 Å². The molecule has 0 amide bonds. The quantitative estimate of drug-likeness (QED) is 0.378. The highest BCUT2D eigenvalue weighted by atomic mass is 19.1. The maximum atomic E-state index is 13.5. The molecule has 0 bridgehead atoms. The molecule has 2 aromatic carbocycles. The third kappa shape index (κ3) is 6.16. The molecule has 2 aliphatic heterocycles. The van der Waals surface area contributed by atoms with Crippen molar-refractivity contribution in [3.63, 3.8) is 0 Å². The van der Waals surface area contributed by atoms with Gasteiger partial charge in [-0.05, 0) is 61.7 Å². The van der Waals surface area contributed by atoms with Crippen LogP contribution >= 0.6 is 0 Å². The first-order chi connectivity index (χ1) is 15.7. The minimum absolute atomic E-state index is 0.178. The van der Waals surface area contributed by atoms with Crippen molar-refractivity contribution in [2.75, 3.05) is 33.0 Å². The van der Waals surface area contributed by atoms with Crippen LogP contribution in [0.5, 0.6) is 17.2 Å². The molecule has 174 valence electrons. The predicted octanol–water partition coefficient (Wildman–Crippen LogP) is 6.40. The van der Waals surface area contributed by atoms with E-state index in [2.05, 4.69) is 11.8 Å². The number of likely N-dealkylation sites (tertiary alicyclic amines) is 1. The monoisotopic (exact) mass is 441 g/mol. The van der Waals surface area contributed by atoms with E-state index in [1.54, 1.807) is 12.1 Å². The van der Waals surface area contributed by atoms with Crippen LogP contribution in [0.15, 0.2) is 42.5 Å². The van der Waals surface area contributed by atoms with Crippen LogP contribution in [-0.2, 0) is 0 Å². The number of fused-ring (bicyclic) bond motifs is 1. The van der Waals surface area contributed by atoms with Crippen molar-refractivity contribution >= 4 is 0 Å². The number of hydrogen-bond donors (Lipinski definition) is 0. The van der Waals surface area contributed by atoms with E-state index in [1.807, 2.05) is 30.3 Å². The van der Waals surface area contributed by atoms with Crippen LogP contribution in [0.25, 0.3) is 0 Å². The van der Waals surface area contributed by atoms with Crippen molar-refractivity contribution in [2.45, 2.75) is 57.8 Å². The fraction of sp³-hybridized carbons (Fsp3) is 0.556. The molecule has 0 spiro atoms. The predicted molar refractivity (Wildman–Crippen MR) is 125 cm³/mol. The van der Waals surface area contributed by atoms with Crippen molar-refractivity contribution in [3.8, 4) is 17.2 Å². The van der Waals surface area contributed by atoms with Crippen LogP contribution in [-0.4, -0.2) is 37.9 Å². The Labute approximate surface area is 191 Å². The second-order valence-corrected chi connectivity index (χ2v) is 9.10. The summed E-state index contributed by atoms with van der Waals surface area (Å²) in [6, 6.07) is 12.8. The number of rotatable bonds is 11. The molecule has 2 atom stereocenters. The highest BCUT2D eigenvalue weighted by molar-refractivity contribution is 5.46. The lowest BCUT2D eigenvalue weighted by molar-refractivity contribution is 0.109. The van der Waals surface area contributed by atoms with Crippen molar-refractivity contribution in [1.29, 1.82) is 0 Å². The lowest BCUT2D eigenvalue weighted by atomic mass is 9.80. The summed E-state index contributed by atoms with van der Waals surface area (Å²) in [5.41, 5.74) is 1.21. The fourth-order valence-corrected chi connectivity index (χ4v) is 4.91. The Bertz CT molecular complexity index is 841. The van der Waals surface area contributed by atoms with Crippen molar-refractivity contribution < 1.29 is 18.6 Å². The van der Waals surface area contributed by atoms with Gasteiger partial charge in [-0.3, -0.25) is 0 Å². The topological polar surface area (TPSA) is 30.9 Å². The third-order valence-corrected chi connectivity index (χ3v) is 6.75. The summed E-state index contributed by atoms with van der Waals surface area (Å²) >= 11 is 0. The molecule has 1 fully saturated rings. The van der Waals surface area contributed by atoms with E-state index in [9.17, 15) is 4.39 Å². The molecule has 0 radical (unpaired) electrons. The summed E-state index contributed by atoms with van der Waals surface area (Å²) in [4.78, 5) is 2.59. The molecule has 0 aliphatic carbocycles. The van der Waals surface area contributed by atoms with Crippen molar-refractivity contribution in [1.82, 2.24) is 4.90 Å². The molecule has 0 saturated carbocycles. The number of ether oxygens (including phenoxy) is 3. The van der Waals surface area contributed by atoms with Crippen LogP contribution in [0.4, 0.5) is 4.39 Å².